The van der Waals surface area contributed by atoms with E-state index in [1.54, 1.807) is 0 Å². The summed E-state index contributed by atoms with van der Waals surface area (Å²) in [5.74, 6) is 0. The zero-order chi connectivity index (χ0) is 18.3. The van der Waals surface area contributed by atoms with Crippen LogP contribution >= 0.6 is 0 Å². The molecule has 2 unspecified atom stereocenters. The minimum Gasteiger partial charge on any atom is -0.748 e. The van der Waals surface area contributed by atoms with Gasteiger partial charge in [0.1, 0.15) is 0 Å². The Labute approximate surface area is 178 Å². The maximum atomic E-state index is 10.8. The first-order valence-corrected chi connectivity index (χ1v) is 11.5. The van der Waals surface area contributed by atoms with Gasteiger partial charge < -0.3 is 9.66 Å². The molecule has 0 saturated carbocycles. The van der Waals surface area contributed by atoms with Crippen LogP contribution < -0.4 is 29.6 Å². The molecule has 0 radical (unpaired) electrons. The van der Waals surface area contributed by atoms with Crippen molar-refractivity contribution >= 4 is 10.1 Å². The molecule has 0 rings (SSSR count). The normalized spacial score (nSPS) is 14.1. The SMILES string of the molecule is CCCCCCC(O)CCCCCCCCCCC(C)S(=O)(=O)[O-].[Na+]. The van der Waals surface area contributed by atoms with E-state index in [1.807, 2.05) is 0 Å². The van der Waals surface area contributed by atoms with Gasteiger partial charge in [-0.15, -0.1) is 0 Å². The fourth-order valence-electron chi connectivity index (χ4n) is 2.97. The monoisotopic (exact) mass is 386 g/mol. The fraction of sp³-hybridized carbons (Fsp3) is 1.00. The van der Waals surface area contributed by atoms with E-state index in [1.165, 1.54) is 51.9 Å². The molecule has 25 heavy (non-hydrogen) atoms. The zero-order valence-electron chi connectivity index (χ0n) is 16.8. The molecule has 0 bridgehead atoms. The molecule has 0 aliphatic carbocycles. The zero-order valence-corrected chi connectivity index (χ0v) is 19.7. The first-order valence-electron chi connectivity index (χ1n) is 10.0. The van der Waals surface area contributed by atoms with Crippen molar-refractivity contribution in [2.75, 3.05) is 0 Å². The van der Waals surface area contributed by atoms with Gasteiger partial charge in [0.15, 0.2) is 0 Å². The van der Waals surface area contributed by atoms with Crippen LogP contribution in [-0.2, 0) is 10.1 Å². The van der Waals surface area contributed by atoms with Gasteiger partial charge in [0.2, 0.25) is 0 Å². The van der Waals surface area contributed by atoms with Crippen LogP contribution in [0.25, 0.3) is 0 Å². The van der Waals surface area contributed by atoms with Crippen LogP contribution in [0.3, 0.4) is 0 Å². The molecule has 0 fully saturated rings. The van der Waals surface area contributed by atoms with Gasteiger partial charge in [-0.05, 0) is 26.2 Å². The van der Waals surface area contributed by atoms with Gasteiger partial charge in [-0.1, -0.05) is 84.0 Å². The van der Waals surface area contributed by atoms with E-state index in [0.29, 0.717) is 6.42 Å². The average molecular weight is 387 g/mol. The molecular weight excluding hydrogens is 347 g/mol. The first-order chi connectivity index (χ1) is 11.4. The van der Waals surface area contributed by atoms with Crippen molar-refractivity contribution in [2.24, 2.45) is 0 Å². The molecule has 2 atom stereocenters. The van der Waals surface area contributed by atoms with E-state index in [4.69, 9.17) is 0 Å². The van der Waals surface area contributed by atoms with E-state index in [2.05, 4.69) is 6.92 Å². The van der Waals surface area contributed by atoms with E-state index >= 15 is 0 Å². The second-order valence-corrected chi connectivity index (χ2v) is 9.00. The Hall–Kier alpha value is 0.870. The molecule has 0 aromatic rings. The number of hydrogen-bond acceptors (Lipinski definition) is 4. The molecule has 1 N–H and O–H groups in total. The third-order valence-corrected chi connectivity index (χ3v) is 6.00. The van der Waals surface area contributed by atoms with Gasteiger partial charge in [-0.25, -0.2) is 8.42 Å². The van der Waals surface area contributed by atoms with Crippen molar-refractivity contribution < 1.29 is 47.6 Å². The number of rotatable bonds is 17. The molecule has 0 heterocycles. The summed E-state index contributed by atoms with van der Waals surface area (Å²) in [5, 5.41) is 9.14. The second kappa shape index (κ2) is 18.2. The summed E-state index contributed by atoms with van der Waals surface area (Å²) in [6, 6.07) is 0. The first kappa shape index (κ1) is 28.1. The van der Waals surface area contributed by atoms with Crippen LogP contribution in [0.1, 0.15) is 110 Å². The third kappa shape index (κ3) is 19.4. The Morgan fingerprint density at radius 1 is 0.760 bits per heavy atom. The van der Waals surface area contributed by atoms with E-state index in [0.717, 1.165) is 44.9 Å². The summed E-state index contributed by atoms with van der Waals surface area (Å²) in [7, 11) is -4.10. The summed E-state index contributed by atoms with van der Waals surface area (Å²) in [6.45, 7) is 3.70. The summed E-state index contributed by atoms with van der Waals surface area (Å²) < 4.78 is 32.3. The number of aliphatic hydroxyl groups excluding tert-OH is 1. The van der Waals surface area contributed by atoms with E-state index in [-0.39, 0.29) is 35.7 Å². The van der Waals surface area contributed by atoms with Gasteiger partial charge in [0.05, 0.1) is 16.2 Å². The van der Waals surface area contributed by atoms with Gasteiger partial charge >= 0.3 is 29.6 Å². The summed E-state index contributed by atoms with van der Waals surface area (Å²) in [5.41, 5.74) is 0. The van der Waals surface area contributed by atoms with Gasteiger partial charge in [0, 0.05) is 5.25 Å². The Morgan fingerprint density at radius 2 is 1.12 bits per heavy atom. The van der Waals surface area contributed by atoms with Crippen LogP contribution in [-0.4, -0.2) is 29.4 Å². The number of aliphatic hydroxyl groups is 1. The molecular formula is C19H39NaO4S. The quantitative estimate of drug-likeness (QED) is 0.236. The van der Waals surface area contributed by atoms with Crippen molar-refractivity contribution in [1.29, 1.82) is 0 Å². The van der Waals surface area contributed by atoms with Crippen molar-refractivity contribution in [2.45, 2.75) is 122 Å². The molecule has 0 aliphatic rings. The van der Waals surface area contributed by atoms with Crippen molar-refractivity contribution in [1.82, 2.24) is 0 Å². The molecule has 4 nitrogen and oxygen atoms in total. The second-order valence-electron chi connectivity index (χ2n) is 7.21. The Kier molecular flexibility index (Phi) is 20.5. The maximum Gasteiger partial charge on any atom is 1.00 e. The van der Waals surface area contributed by atoms with E-state index < -0.39 is 15.4 Å². The maximum absolute atomic E-state index is 10.8. The summed E-state index contributed by atoms with van der Waals surface area (Å²) in [6.07, 6.45) is 16.1. The molecule has 146 valence electrons. The molecule has 0 aliphatic heterocycles. The van der Waals surface area contributed by atoms with Crippen LogP contribution in [0.15, 0.2) is 0 Å². The van der Waals surface area contributed by atoms with Crippen LogP contribution in [0, 0.1) is 0 Å². The third-order valence-electron chi connectivity index (χ3n) is 4.78. The summed E-state index contributed by atoms with van der Waals surface area (Å²) in [4.78, 5) is 0. The minimum absolute atomic E-state index is 0. The van der Waals surface area contributed by atoms with E-state index in [9.17, 15) is 18.1 Å². The van der Waals surface area contributed by atoms with Gasteiger partial charge in [-0.3, -0.25) is 0 Å². The molecule has 0 aromatic carbocycles. The fourth-order valence-corrected chi connectivity index (χ4v) is 3.42. The van der Waals surface area contributed by atoms with Crippen molar-refractivity contribution in [3.8, 4) is 0 Å². The predicted molar refractivity (Wildman–Crippen MR) is 100 cm³/mol. The Morgan fingerprint density at radius 3 is 1.52 bits per heavy atom. The molecule has 0 saturated heterocycles. The topological polar surface area (TPSA) is 77.4 Å². The number of unbranched alkanes of at least 4 members (excludes halogenated alkanes) is 10. The van der Waals surface area contributed by atoms with Crippen LogP contribution in [0.5, 0.6) is 0 Å². The molecule has 0 amide bonds. The standard InChI is InChI=1S/C19H40O4S.Na/c1-3-4-5-13-16-19(20)17-14-11-9-7-6-8-10-12-15-18(2)24(21,22)23;/h18-20H,3-17H2,1-2H3,(H,21,22,23);/q;+1/p-1. The molecule has 6 heteroatoms. The average Bonchev–Trinajstić information content (AvgIpc) is 2.52. The Bertz CT molecular complexity index is 374. The predicted octanol–water partition coefficient (Wildman–Crippen LogP) is 2.16. The van der Waals surface area contributed by atoms with Crippen molar-refractivity contribution in [3.63, 3.8) is 0 Å². The van der Waals surface area contributed by atoms with Crippen LogP contribution in [0.4, 0.5) is 0 Å². The van der Waals surface area contributed by atoms with Crippen LogP contribution in [0.2, 0.25) is 0 Å². The van der Waals surface area contributed by atoms with Gasteiger partial charge in [0.25, 0.3) is 0 Å². The smallest absolute Gasteiger partial charge is 0.748 e. The number of hydrogen-bond donors (Lipinski definition) is 1. The largest absolute Gasteiger partial charge is 1.00 e. The van der Waals surface area contributed by atoms with Gasteiger partial charge in [-0.2, -0.15) is 0 Å². The summed E-state index contributed by atoms with van der Waals surface area (Å²) >= 11 is 0. The Balaban J connectivity index is 0. The minimum atomic E-state index is -4.10. The molecule has 0 spiro atoms. The molecule has 0 aromatic heterocycles. The van der Waals surface area contributed by atoms with Crippen molar-refractivity contribution in [3.05, 3.63) is 0 Å².